The molecular weight excluding hydrogens is 212 g/mol. The van der Waals surface area contributed by atoms with Crippen molar-refractivity contribution in [3.05, 3.63) is 12.7 Å². The number of hydrogen-bond acceptors (Lipinski definition) is 3. The number of nitrogens with zero attached hydrogens (tertiary/aromatic N) is 1. The minimum Gasteiger partial charge on any atom is -0.372 e. The predicted molar refractivity (Wildman–Crippen MR) is 73.3 cm³/mol. The van der Waals surface area contributed by atoms with Gasteiger partial charge < -0.3 is 10.1 Å². The summed E-state index contributed by atoms with van der Waals surface area (Å²) in [5.41, 5.74) is 0. The molecule has 17 heavy (non-hydrogen) atoms. The minimum atomic E-state index is 0.404. The van der Waals surface area contributed by atoms with Crippen LogP contribution < -0.4 is 5.32 Å². The molecule has 0 spiro atoms. The molecule has 3 heteroatoms. The average Bonchev–Trinajstić information content (AvgIpc) is 2.73. The lowest BCUT2D eigenvalue weighted by Crippen LogP contribution is -2.38. The van der Waals surface area contributed by atoms with E-state index in [0.29, 0.717) is 18.2 Å². The van der Waals surface area contributed by atoms with Gasteiger partial charge in [-0.1, -0.05) is 13.0 Å². The zero-order chi connectivity index (χ0) is 12.7. The highest BCUT2D eigenvalue weighted by molar-refractivity contribution is 4.82. The Balaban J connectivity index is 2.29. The Hall–Kier alpha value is -0.380. The quantitative estimate of drug-likeness (QED) is 0.657. The van der Waals surface area contributed by atoms with Crippen LogP contribution in [0.4, 0.5) is 0 Å². The van der Waals surface area contributed by atoms with Crippen molar-refractivity contribution >= 4 is 0 Å². The second kappa shape index (κ2) is 7.85. The van der Waals surface area contributed by atoms with Crippen molar-refractivity contribution in [2.45, 2.75) is 51.9 Å². The molecule has 0 aromatic carbocycles. The average molecular weight is 240 g/mol. The van der Waals surface area contributed by atoms with Crippen molar-refractivity contribution in [1.82, 2.24) is 10.2 Å². The lowest BCUT2D eigenvalue weighted by Gasteiger charge is -2.28. The summed E-state index contributed by atoms with van der Waals surface area (Å²) in [6.07, 6.45) is 5.18. The van der Waals surface area contributed by atoms with Gasteiger partial charge in [0.2, 0.25) is 0 Å². The van der Waals surface area contributed by atoms with E-state index in [1.54, 1.807) is 0 Å². The van der Waals surface area contributed by atoms with Gasteiger partial charge in [0.15, 0.2) is 0 Å². The van der Waals surface area contributed by atoms with Crippen LogP contribution in [0.3, 0.4) is 0 Å². The SMILES string of the molecule is C=CCN(CC1CCC(CNCC)O1)C(C)C. The first-order valence-electron chi connectivity index (χ1n) is 6.88. The molecule has 0 aromatic rings. The molecule has 0 bridgehead atoms. The summed E-state index contributed by atoms with van der Waals surface area (Å²) in [6.45, 7) is 14.4. The summed E-state index contributed by atoms with van der Waals surface area (Å²) >= 11 is 0. The van der Waals surface area contributed by atoms with Crippen molar-refractivity contribution in [1.29, 1.82) is 0 Å². The van der Waals surface area contributed by atoms with Gasteiger partial charge >= 0.3 is 0 Å². The van der Waals surface area contributed by atoms with Crippen LogP contribution in [-0.4, -0.2) is 49.3 Å². The molecule has 0 aromatic heterocycles. The molecule has 2 atom stereocenters. The van der Waals surface area contributed by atoms with E-state index in [1.807, 2.05) is 6.08 Å². The highest BCUT2D eigenvalue weighted by atomic mass is 16.5. The largest absolute Gasteiger partial charge is 0.372 e. The Morgan fingerprint density at radius 2 is 2.12 bits per heavy atom. The molecule has 0 aliphatic carbocycles. The van der Waals surface area contributed by atoms with Crippen molar-refractivity contribution in [2.24, 2.45) is 0 Å². The molecule has 1 aliphatic heterocycles. The summed E-state index contributed by atoms with van der Waals surface area (Å²) in [5, 5.41) is 3.36. The van der Waals surface area contributed by atoms with E-state index in [4.69, 9.17) is 4.74 Å². The lowest BCUT2D eigenvalue weighted by molar-refractivity contribution is 0.0202. The van der Waals surface area contributed by atoms with E-state index >= 15 is 0 Å². The van der Waals surface area contributed by atoms with Crippen molar-refractivity contribution in [3.63, 3.8) is 0 Å². The molecule has 0 amide bonds. The standard InChI is InChI=1S/C14H28N2O/c1-5-9-16(12(3)4)11-14-8-7-13(17-14)10-15-6-2/h5,12-15H,1,6-11H2,2-4H3. The molecule has 0 radical (unpaired) electrons. The van der Waals surface area contributed by atoms with Gasteiger partial charge in [-0.3, -0.25) is 4.90 Å². The molecule has 1 N–H and O–H groups in total. The fraction of sp³-hybridized carbons (Fsp3) is 0.857. The monoisotopic (exact) mass is 240 g/mol. The highest BCUT2D eigenvalue weighted by Crippen LogP contribution is 2.20. The van der Waals surface area contributed by atoms with Gasteiger partial charge in [0.1, 0.15) is 0 Å². The summed E-state index contributed by atoms with van der Waals surface area (Å²) in [4.78, 5) is 2.42. The van der Waals surface area contributed by atoms with Crippen LogP contribution >= 0.6 is 0 Å². The van der Waals surface area contributed by atoms with Crippen molar-refractivity contribution in [2.75, 3.05) is 26.2 Å². The Labute approximate surface area is 106 Å². The first-order valence-corrected chi connectivity index (χ1v) is 6.88. The highest BCUT2D eigenvalue weighted by Gasteiger charge is 2.26. The maximum Gasteiger partial charge on any atom is 0.0707 e. The Morgan fingerprint density at radius 3 is 2.71 bits per heavy atom. The lowest BCUT2D eigenvalue weighted by atomic mass is 10.1. The molecule has 1 aliphatic rings. The van der Waals surface area contributed by atoms with Crippen LogP contribution in [0, 0.1) is 0 Å². The zero-order valence-electron chi connectivity index (χ0n) is 11.6. The predicted octanol–water partition coefficient (Wildman–Crippen LogP) is 2.04. The summed E-state index contributed by atoms with van der Waals surface area (Å²) in [7, 11) is 0. The molecule has 1 saturated heterocycles. The maximum absolute atomic E-state index is 6.05. The third kappa shape index (κ3) is 5.19. The van der Waals surface area contributed by atoms with E-state index in [0.717, 1.165) is 26.2 Å². The Kier molecular flexibility index (Phi) is 6.78. The normalized spacial score (nSPS) is 24.8. The first-order chi connectivity index (χ1) is 8.17. The van der Waals surface area contributed by atoms with Gasteiger partial charge in [-0.05, 0) is 33.2 Å². The number of likely N-dealkylation sites (N-methyl/N-ethyl adjacent to an activating group) is 1. The molecule has 1 rings (SSSR count). The van der Waals surface area contributed by atoms with Crippen LogP contribution in [0.1, 0.15) is 33.6 Å². The van der Waals surface area contributed by atoms with E-state index in [-0.39, 0.29) is 0 Å². The number of nitrogens with one attached hydrogen (secondary N) is 1. The summed E-state index contributed by atoms with van der Waals surface area (Å²) in [5.74, 6) is 0. The zero-order valence-corrected chi connectivity index (χ0v) is 11.6. The van der Waals surface area contributed by atoms with Crippen LogP contribution in [0.15, 0.2) is 12.7 Å². The van der Waals surface area contributed by atoms with Gasteiger partial charge in [-0.15, -0.1) is 6.58 Å². The third-order valence-corrected chi connectivity index (χ3v) is 3.35. The molecule has 1 heterocycles. The number of ether oxygens (including phenoxy) is 1. The van der Waals surface area contributed by atoms with Crippen LogP contribution in [0.25, 0.3) is 0 Å². The van der Waals surface area contributed by atoms with Gasteiger partial charge in [-0.25, -0.2) is 0 Å². The van der Waals surface area contributed by atoms with Gasteiger partial charge in [0.25, 0.3) is 0 Å². The van der Waals surface area contributed by atoms with Crippen molar-refractivity contribution < 1.29 is 4.74 Å². The summed E-state index contributed by atoms with van der Waals surface area (Å²) < 4.78 is 6.05. The smallest absolute Gasteiger partial charge is 0.0707 e. The van der Waals surface area contributed by atoms with E-state index < -0.39 is 0 Å². The second-order valence-electron chi connectivity index (χ2n) is 5.10. The van der Waals surface area contributed by atoms with E-state index in [1.165, 1.54) is 12.8 Å². The van der Waals surface area contributed by atoms with E-state index in [9.17, 15) is 0 Å². The van der Waals surface area contributed by atoms with Crippen molar-refractivity contribution in [3.8, 4) is 0 Å². The Bertz CT molecular complexity index is 218. The second-order valence-corrected chi connectivity index (χ2v) is 5.10. The summed E-state index contributed by atoms with van der Waals surface area (Å²) in [6, 6.07) is 0.560. The fourth-order valence-electron chi connectivity index (χ4n) is 2.29. The topological polar surface area (TPSA) is 24.5 Å². The Morgan fingerprint density at radius 1 is 1.41 bits per heavy atom. The molecule has 1 fully saturated rings. The minimum absolute atomic E-state index is 0.404. The molecular formula is C14H28N2O. The fourth-order valence-corrected chi connectivity index (χ4v) is 2.29. The first kappa shape index (κ1) is 14.7. The van der Waals surface area contributed by atoms with Crippen LogP contribution in [0.5, 0.6) is 0 Å². The molecule has 0 saturated carbocycles. The van der Waals surface area contributed by atoms with Gasteiger partial charge in [-0.2, -0.15) is 0 Å². The molecule has 2 unspecified atom stereocenters. The van der Waals surface area contributed by atoms with Gasteiger partial charge in [0, 0.05) is 25.7 Å². The van der Waals surface area contributed by atoms with Gasteiger partial charge in [0.05, 0.1) is 12.2 Å². The third-order valence-electron chi connectivity index (χ3n) is 3.35. The number of hydrogen-bond donors (Lipinski definition) is 1. The maximum atomic E-state index is 6.05. The number of rotatable bonds is 8. The molecule has 100 valence electrons. The van der Waals surface area contributed by atoms with Crippen LogP contribution in [0.2, 0.25) is 0 Å². The molecule has 3 nitrogen and oxygen atoms in total. The van der Waals surface area contributed by atoms with E-state index in [2.05, 4.69) is 37.6 Å². The van der Waals surface area contributed by atoms with Crippen LogP contribution in [-0.2, 0) is 4.74 Å².